The number of nitrogens with zero attached hydrogens (tertiary/aromatic N) is 2. The van der Waals surface area contributed by atoms with Crippen molar-refractivity contribution < 1.29 is 14.3 Å². The van der Waals surface area contributed by atoms with E-state index in [0.29, 0.717) is 16.5 Å². The zero-order valence-electron chi connectivity index (χ0n) is 12.6. The number of Topliss-reactive ketones (excluding diaryl/α,β-unsaturated/α-hetero) is 1. The van der Waals surface area contributed by atoms with Crippen LogP contribution in [-0.4, -0.2) is 24.0 Å². The summed E-state index contributed by atoms with van der Waals surface area (Å²) in [7, 11) is 1.58. The summed E-state index contributed by atoms with van der Waals surface area (Å²) in [5, 5.41) is 11.6. The molecule has 5 nitrogen and oxygen atoms in total. The molecule has 0 saturated carbocycles. The van der Waals surface area contributed by atoms with E-state index in [4.69, 9.17) is 9.47 Å². The van der Waals surface area contributed by atoms with Gasteiger partial charge in [-0.15, -0.1) is 11.3 Å². The fourth-order valence-electron chi connectivity index (χ4n) is 1.90. The number of ether oxygens (including phenoxy) is 2. The number of benzene rings is 1. The Hall–Kier alpha value is -2.39. The molecule has 114 valence electrons. The monoisotopic (exact) mass is 316 g/mol. The number of ketones is 1. The van der Waals surface area contributed by atoms with Crippen molar-refractivity contribution in [2.24, 2.45) is 0 Å². The summed E-state index contributed by atoms with van der Waals surface area (Å²) in [5.41, 5.74) is 0.803. The summed E-state index contributed by atoms with van der Waals surface area (Å²) >= 11 is 1.31. The Morgan fingerprint density at radius 1 is 1.32 bits per heavy atom. The summed E-state index contributed by atoms with van der Waals surface area (Å²) in [5.74, 6) is 0.0627. The molecule has 6 heteroatoms. The van der Waals surface area contributed by atoms with Crippen LogP contribution in [0.2, 0.25) is 0 Å². The molecule has 0 spiro atoms. The van der Waals surface area contributed by atoms with E-state index in [2.05, 4.69) is 4.98 Å². The normalized spacial score (nSPS) is 13.0. The molecule has 0 amide bonds. The van der Waals surface area contributed by atoms with Crippen LogP contribution in [0.3, 0.4) is 0 Å². The van der Waals surface area contributed by atoms with Crippen molar-refractivity contribution >= 4 is 17.1 Å². The molecule has 2 rings (SSSR count). The maximum atomic E-state index is 12.4. The van der Waals surface area contributed by atoms with E-state index in [0.717, 1.165) is 5.69 Å². The molecule has 1 aromatic carbocycles. The first kappa shape index (κ1) is 16.0. The van der Waals surface area contributed by atoms with Crippen LogP contribution in [0.15, 0.2) is 29.6 Å². The Morgan fingerprint density at radius 3 is 2.45 bits per heavy atom. The Labute approximate surface area is 133 Å². The van der Waals surface area contributed by atoms with Crippen LogP contribution in [0.25, 0.3) is 0 Å². The van der Waals surface area contributed by atoms with Crippen LogP contribution < -0.4 is 9.47 Å². The molecule has 0 aliphatic heterocycles. The fraction of sp³-hybridized carbons (Fsp3) is 0.312. The first-order valence-electron chi connectivity index (χ1n) is 6.71. The highest BCUT2D eigenvalue weighted by Gasteiger charge is 2.29. The molecule has 0 aliphatic carbocycles. The lowest BCUT2D eigenvalue weighted by atomic mass is 10.0. The van der Waals surface area contributed by atoms with Crippen molar-refractivity contribution in [3.05, 3.63) is 40.3 Å². The Morgan fingerprint density at radius 2 is 1.95 bits per heavy atom. The number of hydrogen-bond acceptors (Lipinski definition) is 6. The van der Waals surface area contributed by atoms with Crippen molar-refractivity contribution in [2.75, 3.05) is 7.11 Å². The van der Waals surface area contributed by atoms with E-state index < -0.39 is 12.0 Å². The van der Waals surface area contributed by atoms with Crippen molar-refractivity contribution in [3.63, 3.8) is 0 Å². The Balaban J connectivity index is 2.08. The molecule has 22 heavy (non-hydrogen) atoms. The lowest BCUT2D eigenvalue weighted by molar-refractivity contribution is -0.125. The van der Waals surface area contributed by atoms with Crippen molar-refractivity contribution in [3.8, 4) is 17.6 Å². The lowest BCUT2D eigenvalue weighted by Crippen LogP contribution is -2.28. The van der Waals surface area contributed by atoms with E-state index in [1.54, 1.807) is 38.3 Å². The third kappa shape index (κ3) is 3.62. The largest absolute Gasteiger partial charge is 0.497 e. The third-order valence-corrected chi connectivity index (χ3v) is 4.10. The van der Waals surface area contributed by atoms with E-state index in [-0.39, 0.29) is 5.78 Å². The van der Waals surface area contributed by atoms with Crippen molar-refractivity contribution in [1.29, 1.82) is 5.26 Å². The lowest BCUT2D eigenvalue weighted by Gasteiger charge is -2.15. The SMILES string of the molecule is COc1ccc(OC(C)C(=O)C(C#N)c2nc(C)cs2)cc1. The summed E-state index contributed by atoms with van der Waals surface area (Å²) in [4.78, 5) is 16.6. The van der Waals surface area contributed by atoms with Gasteiger partial charge in [0.2, 0.25) is 0 Å². The molecule has 0 aliphatic rings. The quantitative estimate of drug-likeness (QED) is 0.819. The first-order chi connectivity index (χ1) is 10.5. The van der Waals surface area contributed by atoms with E-state index >= 15 is 0 Å². The molecule has 0 fully saturated rings. The highest BCUT2D eigenvalue weighted by molar-refractivity contribution is 7.09. The minimum absolute atomic E-state index is 0.298. The van der Waals surface area contributed by atoms with Gasteiger partial charge in [0.15, 0.2) is 17.8 Å². The summed E-state index contributed by atoms with van der Waals surface area (Å²) in [6.45, 7) is 3.47. The van der Waals surface area contributed by atoms with Crippen molar-refractivity contribution in [2.45, 2.75) is 25.9 Å². The van der Waals surface area contributed by atoms with E-state index in [1.807, 2.05) is 18.4 Å². The maximum absolute atomic E-state index is 12.4. The van der Waals surface area contributed by atoms with Crippen LogP contribution in [0.1, 0.15) is 23.5 Å². The topological polar surface area (TPSA) is 72.2 Å². The second-order valence-electron chi connectivity index (χ2n) is 4.73. The van der Waals surface area contributed by atoms with Gasteiger partial charge in [-0.05, 0) is 38.1 Å². The zero-order chi connectivity index (χ0) is 16.1. The average molecular weight is 316 g/mol. The second kappa shape index (κ2) is 7.05. The smallest absolute Gasteiger partial charge is 0.196 e. The van der Waals surface area contributed by atoms with Gasteiger partial charge < -0.3 is 9.47 Å². The number of aromatic nitrogens is 1. The van der Waals surface area contributed by atoms with Gasteiger partial charge in [0.25, 0.3) is 0 Å². The van der Waals surface area contributed by atoms with Gasteiger partial charge in [-0.3, -0.25) is 4.79 Å². The first-order valence-corrected chi connectivity index (χ1v) is 7.59. The number of hydrogen-bond donors (Lipinski definition) is 0. The minimum Gasteiger partial charge on any atom is -0.497 e. The number of carbonyl (C=O) groups is 1. The van der Waals surface area contributed by atoms with Gasteiger partial charge in [-0.2, -0.15) is 5.26 Å². The number of methoxy groups -OCH3 is 1. The molecule has 1 aromatic heterocycles. The zero-order valence-corrected chi connectivity index (χ0v) is 13.4. The van der Waals surface area contributed by atoms with Gasteiger partial charge in [0.05, 0.1) is 13.2 Å². The molecule has 2 unspecified atom stereocenters. The van der Waals surface area contributed by atoms with Crippen LogP contribution >= 0.6 is 11.3 Å². The molecule has 2 atom stereocenters. The third-order valence-electron chi connectivity index (χ3n) is 3.07. The van der Waals surface area contributed by atoms with Crippen LogP contribution in [-0.2, 0) is 4.79 Å². The predicted molar refractivity (Wildman–Crippen MR) is 83.3 cm³/mol. The van der Waals surface area contributed by atoms with Gasteiger partial charge in [-0.1, -0.05) is 0 Å². The van der Waals surface area contributed by atoms with E-state index in [1.165, 1.54) is 11.3 Å². The number of nitriles is 1. The molecule has 1 heterocycles. The summed E-state index contributed by atoms with van der Waals surface area (Å²) < 4.78 is 10.7. The molecule has 0 N–H and O–H groups in total. The van der Waals surface area contributed by atoms with Crippen LogP contribution in [0.5, 0.6) is 11.5 Å². The van der Waals surface area contributed by atoms with Crippen LogP contribution in [0.4, 0.5) is 0 Å². The number of aryl methyl sites for hydroxylation is 1. The van der Waals surface area contributed by atoms with Gasteiger partial charge in [-0.25, -0.2) is 4.98 Å². The highest BCUT2D eigenvalue weighted by atomic mass is 32.1. The minimum atomic E-state index is -0.896. The molecule has 0 radical (unpaired) electrons. The van der Waals surface area contributed by atoms with Gasteiger partial charge in [0.1, 0.15) is 16.5 Å². The van der Waals surface area contributed by atoms with Gasteiger partial charge in [0, 0.05) is 11.1 Å². The van der Waals surface area contributed by atoms with Gasteiger partial charge >= 0.3 is 0 Å². The standard InChI is InChI=1S/C16H16N2O3S/c1-10-9-22-16(18-10)14(8-17)15(19)11(2)21-13-6-4-12(20-3)5-7-13/h4-7,9,11,14H,1-3H3. The average Bonchev–Trinajstić information content (AvgIpc) is 2.95. The fourth-order valence-corrected chi connectivity index (χ4v) is 2.74. The molecular weight excluding hydrogens is 300 g/mol. The maximum Gasteiger partial charge on any atom is 0.196 e. The number of rotatable bonds is 6. The summed E-state index contributed by atoms with van der Waals surface area (Å²) in [6.07, 6.45) is -0.734. The highest BCUT2D eigenvalue weighted by Crippen LogP contribution is 2.24. The Kier molecular flexibility index (Phi) is 5.12. The Bertz CT molecular complexity index is 688. The number of thiazole rings is 1. The molecular formula is C16H16N2O3S. The second-order valence-corrected chi connectivity index (χ2v) is 5.62. The molecule has 2 aromatic rings. The summed E-state index contributed by atoms with van der Waals surface area (Å²) in [6, 6.07) is 8.95. The predicted octanol–water partition coefficient (Wildman–Crippen LogP) is 3.10. The van der Waals surface area contributed by atoms with Crippen molar-refractivity contribution in [1.82, 2.24) is 4.98 Å². The molecule has 0 saturated heterocycles. The van der Waals surface area contributed by atoms with E-state index in [9.17, 15) is 10.1 Å². The molecule has 0 bridgehead atoms. The van der Waals surface area contributed by atoms with Crippen LogP contribution in [0, 0.1) is 18.3 Å². The number of carbonyl (C=O) groups excluding carboxylic acids is 1.